The summed E-state index contributed by atoms with van der Waals surface area (Å²) >= 11 is 3.39. The summed E-state index contributed by atoms with van der Waals surface area (Å²) in [7, 11) is -1.25. The Hall–Kier alpha value is -1.47. The SMILES string of the molecule is O=C(c1cnoc1C1CC1)c1ccc(Br)c2c1S(=O)CCO2. The van der Waals surface area contributed by atoms with Crippen LogP contribution in [0.4, 0.5) is 0 Å². The molecule has 1 fully saturated rings. The molecule has 1 aliphatic heterocycles. The molecule has 1 aromatic carbocycles. The summed E-state index contributed by atoms with van der Waals surface area (Å²) in [6.07, 6.45) is 3.49. The second kappa shape index (κ2) is 5.31. The van der Waals surface area contributed by atoms with E-state index in [1.54, 1.807) is 12.1 Å². The molecule has 1 aromatic heterocycles. The van der Waals surface area contributed by atoms with Gasteiger partial charge in [-0.3, -0.25) is 9.00 Å². The number of carbonyl (C=O) groups is 1. The number of benzene rings is 1. The fraction of sp³-hybridized carbons (Fsp3) is 0.333. The van der Waals surface area contributed by atoms with Crippen LogP contribution in [-0.4, -0.2) is 27.5 Å². The Morgan fingerprint density at radius 3 is 2.91 bits per heavy atom. The summed E-state index contributed by atoms with van der Waals surface area (Å²) in [5.41, 5.74) is 0.871. The Bertz CT molecular complexity index is 797. The molecule has 2 aromatic rings. The molecule has 0 N–H and O–H groups in total. The van der Waals surface area contributed by atoms with Crippen molar-refractivity contribution in [2.24, 2.45) is 0 Å². The van der Waals surface area contributed by atoms with Crippen LogP contribution in [0.25, 0.3) is 0 Å². The molecule has 7 heteroatoms. The van der Waals surface area contributed by atoms with Crippen LogP contribution in [0.1, 0.15) is 40.4 Å². The number of hydrogen-bond donors (Lipinski definition) is 0. The van der Waals surface area contributed by atoms with Crippen LogP contribution >= 0.6 is 15.9 Å². The van der Waals surface area contributed by atoms with Gasteiger partial charge < -0.3 is 9.26 Å². The highest BCUT2D eigenvalue weighted by atomic mass is 79.9. The largest absolute Gasteiger partial charge is 0.490 e. The Balaban J connectivity index is 1.84. The van der Waals surface area contributed by atoms with E-state index in [1.165, 1.54) is 6.20 Å². The molecule has 22 heavy (non-hydrogen) atoms. The van der Waals surface area contributed by atoms with Crippen molar-refractivity contribution in [3.05, 3.63) is 39.7 Å². The number of ketones is 1. The molecule has 4 rings (SSSR count). The van der Waals surface area contributed by atoms with Crippen LogP contribution in [0.3, 0.4) is 0 Å². The van der Waals surface area contributed by atoms with Gasteiger partial charge in [-0.1, -0.05) is 5.16 Å². The second-order valence-corrected chi connectivity index (χ2v) is 7.72. The average Bonchev–Trinajstić information content (AvgIpc) is 3.25. The summed E-state index contributed by atoms with van der Waals surface area (Å²) in [6.45, 7) is 0.385. The highest BCUT2D eigenvalue weighted by molar-refractivity contribution is 9.10. The van der Waals surface area contributed by atoms with E-state index in [2.05, 4.69) is 21.1 Å². The van der Waals surface area contributed by atoms with Crippen molar-refractivity contribution >= 4 is 32.5 Å². The molecule has 1 aliphatic carbocycles. The van der Waals surface area contributed by atoms with Crippen molar-refractivity contribution in [2.75, 3.05) is 12.4 Å². The topological polar surface area (TPSA) is 69.4 Å². The van der Waals surface area contributed by atoms with Crippen molar-refractivity contribution in [1.29, 1.82) is 0 Å². The standard InChI is InChI=1S/C15H12BrNO4S/c16-11-4-3-9(15-14(11)20-5-6-22(15)19)12(18)10-7-17-21-13(10)8-1-2-8/h3-4,7-8H,1-2,5-6H2. The normalized spacial score (nSPS) is 20.3. The summed E-state index contributed by atoms with van der Waals surface area (Å²) in [5, 5.41) is 3.77. The minimum Gasteiger partial charge on any atom is -0.490 e. The van der Waals surface area contributed by atoms with Gasteiger partial charge >= 0.3 is 0 Å². The molecule has 0 amide bonds. The van der Waals surface area contributed by atoms with E-state index in [1.807, 2.05) is 0 Å². The lowest BCUT2D eigenvalue weighted by Gasteiger charge is -2.20. The molecule has 0 bridgehead atoms. The molecule has 5 nitrogen and oxygen atoms in total. The minimum atomic E-state index is -1.25. The maximum Gasteiger partial charge on any atom is 0.199 e. The number of rotatable bonds is 3. The number of carbonyl (C=O) groups excluding carboxylic acids is 1. The number of aromatic nitrogens is 1. The minimum absolute atomic E-state index is 0.203. The fourth-order valence-electron chi connectivity index (χ4n) is 2.60. The van der Waals surface area contributed by atoms with Crippen molar-refractivity contribution in [3.63, 3.8) is 0 Å². The molecular weight excluding hydrogens is 370 g/mol. The molecule has 1 atom stereocenters. The molecule has 2 heterocycles. The van der Waals surface area contributed by atoms with Gasteiger partial charge in [0.25, 0.3) is 0 Å². The van der Waals surface area contributed by atoms with Crippen LogP contribution in [0.15, 0.2) is 32.2 Å². The summed E-state index contributed by atoms with van der Waals surface area (Å²) in [6, 6.07) is 3.43. The van der Waals surface area contributed by atoms with Crippen LogP contribution in [0.5, 0.6) is 5.75 Å². The van der Waals surface area contributed by atoms with Gasteiger partial charge in [0, 0.05) is 11.5 Å². The predicted octanol–water partition coefficient (Wildman–Crippen LogP) is 3.05. The Morgan fingerprint density at radius 1 is 1.32 bits per heavy atom. The first kappa shape index (κ1) is 14.1. The zero-order chi connectivity index (χ0) is 15.3. The van der Waals surface area contributed by atoms with Gasteiger partial charge in [0.05, 0.1) is 37.7 Å². The Kier molecular flexibility index (Phi) is 3.41. The summed E-state index contributed by atoms with van der Waals surface area (Å²) in [4.78, 5) is 13.4. The number of hydrogen-bond acceptors (Lipinski definition) is 5. The van der Waals surface area contributed by atoms with Crippen molar-refractivity contribution in [2.45, 2.75) is 23.7 Å². The second-order valence-electron chi connectivity index (χ2n) is 5.36. The van der Waals surface area contributed by atoms with E-state index >= 15 is 0 Å². The van der Waals surface area contributed by atoms with Crippen LogP contribution in [0, 0.1) is 0 Å². The Labute approximate surface area is 137 Å². The molecule has 2 aliphatic rings. The van der Waals surface area contributed by atoms with Gasteiger partial charge in [0.15, 0.2) is 11.5 Å². The van der Waals surface area contributed by atoms with Gasteiger partial charge in [-0.15, -0.1) is 0 Å². The van der Waals surface area contributed by atoms with Gasteiger partial charge in [-0.25, -0.2) is 0 Å². The number of ether oxygens (including phenoxy) is 1. The lowest BCUT2D eigenvalue weighted by atomic mass is 10.0. The molecule has 0 spiro atoms. The van der Waals surface area contributed by atoms with Gasteiger partial charge in [0.2, 0.25) is 0 Å². The zero-order valence-electron chi connectivity index (χ0n) is 11.5. The van der Waals surface area contributed by atoms with Crippen LogP contribution < -0.4 is 4.74 Å². The summed E-state index contributed by atoms with van der Waals surface area (Å²) < 4.78 is 23.9. The Morgan fingerprint density at radius 2 is 2.14 bits per heavy atom. The highest BCUT2D eigenvalue weighted by Gasteiger charge is 2.34. The van der Waals surface area contributed by atoms with Crippen molar-refractivity contribution in [1.82, 2.24) is 5.16 Å². The monoisotopic (exact) mass is 381 g/mol. The van der Waals surface area contributed by atoms with E-state index in [0.29, 0.717) is 44.4 Å². The van der Waals surface area contributed by atoms with Gasteiger partial charge in [-0.2, -0.15) is 0 Å². The first-order valence-corrected chi connectivity index (χ1v) is 9.11. The molecule has 114 valence electrons. The molecular formula is C15H12BrNO4S. The van der Waals surface area contributed by atoms with Gasteiger partial charge in [-0.05, 0) is 40.9 Å². The lowest BCUT2D eigenvalue weighted by Crippen LogP contribution is -2.20. The van der Waals surface area contributed by atoms with Crippen LogP contribution in [-0.2, 0) is 10.8 Å². The number of fused-ring (bicyclic) bond motifs is 1. The average molecular weight is 382 g/mol. The van der Waals surface area contributed by atoms with Gasteiger partial charge in [0.1, 0.15) is 12.4 Å². The lowest BCUT2D eigenvalue weighted by molar-refractivity contribution is 0.103. The highest BCUT2D eigenvalue weighted by Crippen LogP contribution is 2.43. The van der Waals surface area contributed by atoms with E-state index in [9.17, 15) is 9.00 Å². The molecule has 0 radical (unpaired) electrons. The van der Waals surface area contributed by atoms with Crippen LogP contribution in [0.2, 0.25) is 0 Å². The third-order valence-corrected chi connectivity index (χ3v) is 5.87. The third kappa shape index (κ3) is 2.23. The quantitative estimate of drug-likeness (QED) is 0.764. The predicted molar refractivity (Wildman–Crippen MR) is 82.8 cm³/mol. The van der Waals surface area contributed by atoms with E-state index in [4.69, 9.17) is 9.26 Å². The first-order chi connectivity index (χ1) is 10.7. The third-order valence-electron chi connectivity index (χ3n) is 3.84. The smallest absolute Gasteiger partial charge is 0.199 e. The number of halogens is 1. The number of nitrogens with zero attached hydrogens (tertiary/aromatic N) is 1. The first-order valence-electron chi connectivity index (χ1n) is 6.99. The zero-order valence-corrected chi connectivity index (χ0v) is 13.9. The van der Waals surface area contributed by atoms with E-state index in [0.717, 1.165) is 12.8 Å². The van der Waals surface area contributed by atoms with Crippen molar-refractivity contribution < 1.29 is 18.3 Å². The fourth-order valence-corrected chi connectivity index (χ4v) is 4.40. The maximum absolute atomic E-state index is 12.9. The van der Waals surface area contributed by atoms with E-state index < -0.39 is 10.8 Å². The van der Waals surface area contributed by atoms with E-state index in [-0.39, 0.29) is 11.7 Å². The molecule has 0 saturated heterocycles. The molecule has 1 saturated carbocycles. The maximum atomic E-state index is 12.9. The summed E-state index contributed by atoms with van der Waals surface area (Å²) in [5.74, 6) is 1.62. The molecule has 1 unspecified atom stereocenters. The van der Waals surface area contributed by atoms with Crippen molar-refractivity contribution in [3.8, 4) is 5.75 Å².